The van der Waals surface area contributed by atoms with Gasteiger partial charge in [0.25, 0.3) is 0 Å². The molecule has 1 aliphatic heterocycles. The summed E-state index contributed by atoms with van der Waals surface area (Å²) in [4.78, 5) is 20.4. The summed E-state index contributed by atoms with van der Waals surface area (Å²) in [6.45, 7) is 0.354. The van der Waals surface area contributed by atoms with Crippen molar-refractivity contribution in [3.63, 3.8) is 0 Å². The average Bonchev–Trinajstić information content (AvgIpc) is 3.41. The second kappa shape index (κ2) is 9.13. The Morgan fingerprint density at radius 3 is 2.67 bits per heavy atom. The van der Waals surface area contributed by atoms with E-state index in [9.17, 15) is 13.6 Å². The molecule has 0 bridgehead atoms. The molecule has 7 heteroatoms. The molecule has 1 saturated carbocycles. The standard InChI is InChI=1S/C23H23ClF2N2O2/c24-20-8-4-3-7-19(20)22-12-18(30-27-22)14-28(23(29)15-5-1-2-6-15)13-16-9-10-17(25)11-21(16)26/h3-4,7-11,15,18H,1-2,5-6,12-14H2/t18-/m0/s1. The lowest BCUT2D eigenvalue weighted by Crippen LogP contribution is -2.40. The van der Waals surface area contributed by atoms with Gasteiger partial charge < -0.3 is 9.74 Å². The van der Waals surface area contributed by atoms with Gasteiger partial charge in [-0.2, -0.15) is 0 Å². The lowest BCUT2D eigenvalue weighted by atomic mass is 10.0. The van der Waals surface area contributed by atoms with E-state index < -0.39 is 11.6 Å². The molecule has 0 aromatic heterocycles. The topological polar surface area (TPSA) is 41.9 Å². The summed E-state index contributed by atoms with van der Waals surface area (Å²) in [5, 5.41) is 4.76. The average molecular weight is 433 g/mol. The zero-order valence-corrected chi connectivity index (χ0v) is 17.2. The van der Waals surface area contributed by atoms with E-state index in [1.807, 2.05) is 18.2 Å². The summed E-state index contributed by atoms with van der Waals surface area (Å²) in [6, 6.07) is 10.8. The molecule has 30 heavy (non-hydrogen) atoms. The number of halogens is 3. The lowest BCUT2D eigenvalue weighted by molar-refractivity contribution is -0.137. The summed E-state index contributed by atoms with van der Waals surface area (Å²) in [7, 11) is 0. The van der Waals surface area contributed by atoms with Crippen LogP contribution in [0.4, 0.5) is 8.78 Å². The minimum absolute atomic E-state index is 0.00832. The third-order valence-corrected chi connectivity index (χ3v) is 6.06. The van der Waals surface area contributed by atoms with Crippen molar-refractivity contribution < 1.29 is 18.4 Å². The minimum atomic E-state index is -0.653. The smallest absolute Gasteiger partial charge is 0.226 e. The summed E-state index contributed by atoms with van der Waals surface area (Å²) in [5.41, 5.74) is 1.82. The monoisotopic (exact) mass is 432 g/mol. The van der Waals surface area contributed by atoms with Gasteiger partial charge in [-0.05, 0) is 25.0 Å². The van der Waals surface area contributed by atoms with Crippen molar-refractivity contribution >= 4 is 23.2 Å². The first-order chi connectivity index (χ1) is 14.5. The first-order valence-electron chi connectivity index (χ1n) is 10.2. The minimum Gasteiger partial charge on any atom is -0.390 e. The number of oxime groups is 1. The van der Waals surface area contributed by atoms with Gasteiger partial charge in [-0.1, -0.05) is 53.9 Å². The summed E-state index contributed by atoms with van der Waals surface area (Å²) < 4.78 is 27.5. The van der Waals surface area contributed by atoms with E-state index in [2.05, 4.69) is 5.16 Å². The third-order valence-electron chi connectivity index (χ3n) is 5.73. The van der Waals surface area contributed by atoms with Crippen LogP contribution in [0.1, 0.15) is 43.2 Å². The highest BCUT2D eigenvalue weighted by Gasteiger charge is 2.32. The molecule has 1 amide bonds. The summed E-state index contributed by atoms with van der Waals surface area (Å²) in [6.07, 6.45) is 3.89. The number of hydrogen-bond acceptors (Lipinski definition) is 3. The molecule has 0 saturated heterocycles. The predicted octanol–water partition coefficient (Wildman–Crippen LogP) is 5.33. The molecule has 2 aliphatic rings. The van der Waals surface area contributed by atoms with Crippen molar-refractivity contribution in [2.24, 2.45) is 11.1 Å². The summed E-state index contributed by atoms with van der Waals surface area (Å²) in [5.74, 6) is -1.36. The summed E-state index contributed by atoms with van der Waals surface area (Å²) >= 11 is 6.26. The third kappa shape index (κ3) is 4.64. The van der Waals surface area contributed by atoms with Crippen LogP contribution in [-0.4, -0.2) is 29.2 Å². The second-order valence-corrected chi connectivity index (χ2v) is 8.29. The van der Waals surface area contributed by atoms with Crippen LogP contribution in [0.5, 0.6) is 0 Å². The van der Waals surface area contributed by atoms with Crippen molar-refractivity contribution in [3.05, 3.63) is 70.2 Å². The molecular weight excluding hydrogens is 410 g/mol. The molecule has 4 rings (SSSR count). The highest BCUT2D eigenvalue weighted by Crippen LogP contribution is 2.29. The van der Waals surface area contributed by atoms with E-state index in [-0.39, 0.29) is 36.6 Å². The van der Waals surface area contributed by atoms with Gasteiger partial charge in [0.1, 0.15) is 11.6 Å². The van der Waals surface area contributed by atoms with Crippen LogP contribution >= 0.6 is 11.6 Å². The van der Waals surface area contributed by atoms with Crippen LogP contribution in [0.15, 0.2) is 47.6 Å². The maximum atomic E-state index is 14.2. The van der Waals surface area contributed by atoms with Crippen LogP contribution in [0.25, 0.3) is 0 Å². The van der Waals surface area contributed by atoms with Gasteiger partial charge in [-0.25, -0.2) is 8.78 Å². The highest BCUT2D eigenvalue weighted by molar-refractivity contribution is 6.34. The van der Waals surface area contributed by atoms with Crippen molar-refractivity contribution in [2.45, 2.75) is 44.8 Å². The Morgan fingerprint density at radius 1 is 1.17 bits per heavy atom. The number of nitrogens with zero attached hydrogens (tertiary/aromatic N) is 2. The number of carbonyl (C=O) groups excluding carboxylic acids is 1. The first-order valence-corrected chi connectivity index (χ1v) is 10.6. The fraction of sp³-hybridized carbons (Fsp3) is 0.391. The Kier molecular flexibility index (Phi) is 6.32. The SMILES string of the molecule is O=C(C1CCCC1)N(Cc1ccc(F)cc1F)C[C@@H]1CC(c2ccccc2Cl)=NO1. The van der Waals surface area contributed by atoms with Crippen LogP contribution in [0.2, 0.25) is 5.02 Å². The fourth-order valence-electron chi connectivity index (χ4n) is 4.15. The van der Waals surface area contributed by atoms with Crippen molar-refractivity contribution in [1.82, 2.24) is 4.90 Å². The molecule has 1 atom stereocenters. The van der Waals surface area contributed by atoms with Crippen LogP contribution in [-0.2, 0) is 16.2 Å². The maximum Gasteiger partial charge on any atom is 0.226 e. The second-order valence-electron chi connectivity index (χ2n) is 7.89. The Balaban J connectivity index is 1.49. The molecular formula is C23H23ClF2N2O2. The maximum absolute atomic E-state index is 14.2. The van der Waals surface area contributed by atoms with Gasteiger partial charge in [0.15, 0.2) is 6.10 Å². The molecule has 0 spiro atoms. The number of rotatable bonds is 6. The number of benzene rings is 2. The molecule has 0 unspecified atom stereocenters. The van der Waals surface area contributed by atoms with E-state index in [1.165, 1.54) is 12.1 Å². The molecule has 1 heterocycles. The normalized spacial score (nSPS) is 18.9. The largest absolute Gasteiger partial charge is 0.390 e. The van der Waals surface area contributed by atoms with Gasteiger partial charge in [0.05, 0.1) is 12.3 Å². The molecule has 2 aromatic rings. The molecule has 1 fully saturated rings. The first kappa shape index (κ1) is 20.8. The molecule has 2 aromatic carbocycles. The van der Waals surface area contributed by atoms with Crippen molar-refractivity contribution in [3.8, 4) is 0 Å². The molecule has 0 N–H and O–H groups in total. The van der Waals surface area contributed by atoms with E-state index in [0.717, 1.165) is 43.0 Å². The van der Waals surface area contributed by atoms with Crippen LogP contribution < -0.4 is 0 Å². The number of carbonyl (C=O) groups is 1. The van der Waals surface area contributed by atoms with Gasteiger partial charge in [0, 0.05) is 41.1 Å². The lowest BCUT2D eigenvalue weighted by Gasteiger charge is -2.27. The fourth-order valence-corrected chi connectivity index (χ4v) is 4.39. The van der Waals surface area contributed by atoms with Gasteiger partial charge >= 0.3 is 0 Å². The number of hydrogen-bond donors (Lipinski definition) is 0. The van der Waals surface area contributed by atoms with Gasteiger partial charge in [0.2, 0.25) is 5.91 Å². The van der Waals surface area contributed by atoms with E-state index in [0.29, 0.717) is 11.4 Å². The van der Waals surface area contributed by atoms with Gasteiger partial charge in [-0.15, -0.1) is 0 Å². The Hall–Kier alpha value is -2.47. The van der Waals surface area contributed by atoms with E-state index >= 15 is 0 Å². The predicted molar refractivity (Wildman–Crippen MR) is 111 cm³/mol. The molecule has 0 radical (unpaired) electrons. The Bertz CT molecular complexity index is 960. The Labute approximate surface area is 179 Å². The molecule has 1 aliphatic carbocycles. The van der Waals surface area contributed by atoms with Crippen LogP contribution in [0.3, 0.4) is 0 Å². The highest BCUT2D eigenvalue weighted by atomic mass is 35.5. The molecule has 4 nitrogen and oxygen atoms in total. The van der Waals surface area contributed by atoms with Gasteiger partial charge in [-0.3, -0.25) is 4.79 Å². The van der Waals surface area contributed by atoms with Crippen molar-refractivity contribution in [2.75, 3.05) is 6.54 Å². The zero-order chi connectivity index (χ0) is 21.1. The Morgan fingerprint density at radius 2 is 1.93 bits per heavy atom. The van der Waals surface area contributed by atoms with Crippen molar-refractivity contribution in [1.29, 1.82) is 0 Å². The molecule has 158 valence electrons. The van der Waals surface area contributed by atoms with Crippen LogP contribution in [0, 0.1) is 17.6 Å². The van der Waals surface area contributed by atoms with E-state index in [4.69, 9.17) is 16.4 Å². The van der Waals surface area contributed by atoms with E-state index in [1.54, 1.807) is 11.0 Å². The number of amides is 1. The zero-order valence-electron chi connectivity index (χ0n) is 16.5. The quantitative estimate of drug-likeness (QED) is 0.619.